The Balaban J connectivity index is 2.95. The van der Waals surface area contributed by atoms with Crippen molar-refractivity contribution in [2.24, 2.45) is 0 Å². The Morgan fingerprint density at radius 3 is 2.29 bits per heavy atom. The van der Waals surface area contributed by atoms with Gasteiger partial charge in [-0.05, 0) is 48.0 Å². The number of hydrogen-bond donors (Lipinski definition) is 0. The molecule has 0 saturated carbocycles. The van der Waals surface area contributed by atoms with Crippen LogP contribution in [-0.2, 0) is 9.47 Å². The topological polar surface area (TPSA) is 38.8 Å². The fourth-order valence-corrected chi connectivity index (χ4v) is 2.12. The van der Waals surface area contributed by atoms with E-state index in [0.29, 0.717) is 6.61 Å². The first-order chi connectivity index (χ1) is 7.52. The van der Waals surface area contributed by atoms with Crippen LogP contribution in [0.4, 0.5) is 4.79 Å². The molecular formula is C13H25NO3. The molecule has 4 nitrogen and oxygen atoms in total. The van der Waals surface area contributed by atoms with E-state index in [2.05, 4.69) is 6.92 Å². The summed E-state index contributed by atoms with van der Waals surface area (Å²) in [4.78, 5) is 14.0. The van der Waals surface area contributed by atoms with Crippen LogP contribution in [0.25, 0.3) is 0 Å². The zero-order valence-corrected chi connectivity index (χ0v) is 12.1. The van der Waals surface area contributed by atoms with Crippen LogP contribution in [0, 0.1) is 0 Å². The molecule has 0 spiro atoms. The van der Waals surface area contributed by atoms with E-state index in [1.807, 2.05) is 41.5 Å². The Labute approximate surface area is 104 Å². The van der Waals surface area contributed by atoms with Crippen LogP contribution in [0.5, 0.6) is 0 Å². The first-order valence-corrected chi connectivity index (χ1v) is 6.19. The Kier molecular flexibility index (Phi) is 3.50. The molecule has 1 heterocycles. The lowest BCUT2D eigenvalue weighted by Crippen LogP contribution is -2.55. The molecule has 1 fully saturated rings. The van der Waals surface area contributed by atoms with Gasteiger partial charge in [-0.3, -0.25) is 4.90 Å². The molecule has 17 heavy (non-hydrogen) atoms. The average Bonchev–Trinajstić information content (AvgIpc) is 2.35. The molecule has 1 rings (SSSR count). The van der Waals surface area contributed by atoms with Gasteiger partial charge in [-0.25, -0.2) is 4.79 Å². The van der Waals surface area contributed by atoms with Gasteiger partial charge in [-0.15, -0.1) is 0 Å². The zero-order chi connectivity index (χ0) is 13.5. The van der Waals surface area contributed by atoms with Gasteiger partial charge in [0.1, 0.15) is 11.3 Å². The molecule has 0 bridgehead atoms. The third-order valence-electron chi connectivity index (χ3n) is 3.15. The highest BCUT2D eigenvalue weighted by Crippen LogP contribution is 2.37. The molecule has 0 aromatic rings. The van der Waals surface area contributed by atoms with E-state index in [1.54, 1.807) is 4.90 Å². The zero-order valence-electron chi connectivity index (χ0n) is 12.1. The van der Waals surface area contributed by atoms with Gasteiger partial charge in [0.05, 0.1) is 12.1 Å². The van der Waals surface area contributed by atoms with Crippen molar-refractivity contribution < 1.29 is 14.3 Å². The lowest BCUT2D eigenvalue weighted by Gasteiger charge is -2.39. The summed E-state index contributed by atoms with van der Waals surface area (Å²) in [5.74, 6) is 0. The maximum Gasteiger partial charge on any atom is 0.413 e. The number of amides is 1. The molecule has 0 unspecified atom stereocenters. The smallest absolute Gasteiger partial charge is 0.413 e. The van der Waals surface area contributed by atoms with Crippen molar-refractivity contribution in [2.75, 3.05) is 6.61 Å². The molecule has 4 heteroatoms. The van der Waals surface area contributed by atoms with E-state index in [-0.39, 0.29) is 11.6 Å². The number of nitrogens with zero attached hydrogens (tertiary/aromatic N) is 1. The standard InChI is InChI=1S/C13H25NO3/c1-8-13(7)9-16-12(5,6)14(13)10(15)17-11(2,3)4/h8-9H2,1-7H3/t13-/m0/s1. The number of carbonyl (C=O) groups is 1. The van der Waals surface area contributed by atoms with E-state index in [4.69, 9.17) is 9.47 Å². The molecule has 0 N–H and O–H groups in total. The lowest BCUT2D eigenvalue weighted by molar-refractivity contribution is -0.0681. The van der Waals surface area contributed by atoms with Crippen LogP contribution in [0.1, 0.15) is 54.9 Å². The largest absolute Gasteiger partial charge is 0.444 e. The van der Waals surface area contributed by atoms with Gasteiger partial charge in [0, 0.05) is 0 Å². The summed E-state index contributed by atoms with van der Waals surface area (Å²) in [5.41, 5.74) is -1.37. The number of carbonyl (C=O) groups excluding carboxylic acids is 1. The van der Waals surface area contributed by atoms with Gasteiger partial charge >= 0.3 is 6.09 Å². The number of hydrogen-bond acceptors (Lipinski definition) is 3. The third-order valence-corrected chi connectivity index (χ3v) is 3.15. The highest BCUT2D eigenvalue weighted by atomic mass is 16.6. The molecule has 1 aliphatic rings. The highest BCUT2D eigenvalue weighted by molar-refractivity contribution is 5.70. The van der Waals surface area contributed by atoms with E-state index in [1.165, 1.54) is 0 Å². The maximum absolute atomic E-state index is 12.3. The number of ether oxygens (including phenoxy) is 2. The van der Waals surface area contributed by atoms with Crippen LogP contribution in [0.15, 0.2) is 0 Å². The first kappa shape index (κ1) is 14.3. The summed E-state index contributed by atoms with van der Waals surface area (Å²) >= 11 is 0. The van der Waals surface area contributed by atoms with Crippen molar-refractivity contribution in [1.82, 2.24) is 4.90 Å². The normalized spacial score (nSPS) is 28.3. The first-order valence-electron chi connectivity index (χ1n) is 6.19. The highest BCUT2D eigenvalue weighted by Gasteiger charge is 2.51. The van der Waals surface area contributed by atoms with E-state index in [9.17, 15) is 4.79 Å². The fourth-order valence-electron chi connectivity index (χ4n) is 2.12. The molecule has 1 amide bonds. The molecule has 0 aromatic heterocycles. The maximum atomic E-state index is 12.3. The van der Waals surface area contributed by atoms with E-state index >= 15 is 0 Å². The minimum absolute atomic E-state index is 0.286. The second-order valence-corrected chi connectivity index (χ2v) is 6.40. The molecule has 1 aliphatic heterocycles. The number of rotatable bonds is 1. The van der Waals surface area contributed by atoms with Crippen LogP contribution in [-0.4, -0.2) is 34.5 Å². The van der Waals surface area contributed by atoms with Crippen LogP contribution in [0.3, 0.4) is 0 Å². The summed E-state index contributed by atoms with van der Waals surface area (Å²) in [6.07, 6.45) is 0.541. The molecular weight excluding hydrogens is 218 g/mol. The third kappa shape index (κ3) is 2.92. The Hall–Kier alpha value is -0.770. The van der Waals surface area contributed by atoms with Gasteiger partial charge in [0.2, 0.25) is 0 Å². The van der Waals surface area contributed by atoms with E-state index in [0.717, 1.165) is 6.42 Å². The molecule has 0 aromatic carbocycles. The summed E-state index contributed by atoms with van der Waals surface area (Å²) < 4.78 is 11.2. The minimum atomic E-state index is -0.604. The van der Waals surface area contributed by atoms with Crippen molar-refractivity contribution in [3.05, 3.63) is 0 Å². The van der Waals surface area contributed by atoms with Gasteiger partial charge in [-0.2, -0.15) is 0 Å². The van der Waals surface area contributed by atoms with Gasteiger partial charge in [-0.1, -0.05) is 6.92 Å². The van der Waals surface area contributed by atoms with Crippen molar-refractivity contribution in [1.29, 1.82) is 0 Å². The van der Waals surface area contributed by atoms with Crippen LogP contribution < -0.4 is 0 Å². The summed E-state index contributed by atoms with van der Waals surface area (Å²) in [7, 11) is 0. The Bertz CT molecular complexity index is 306. The van der Waals surface area contributed by atoms with E-state index < -0.39 is 11.3 Å². The van der Waals surface area contributed by atoms with Gasteiger partial charge in [0.25, 0.3) is 0 Å². The van der Waals surface area contributed by atoms with Crippen molar-refractivity contribution in [2.45, 2.75) is 71.8 Å². The van der Waals surface area contributed by atoms with Crippen molar-refractivity contribution in [3.63, 3.8) is 0 Å². The summed E-state index contributed by atoms with van der Waals surface area (Å²) in [6, 6.07) is 0. The van der Waals surface area contributed by atoms with Crippen molar-refractivity contribution in [3.8, 4) is 0 Å². The predicted octanol–water partition coefficient (Wildman–Crippen LogP) is 3.16. The second kappa shape index (κ2) is 4.16. The fraction of sp³-hybridized carbons (Fsp3) is 0.923. The SMILES string of the molecule is CC[C@@]1(C)COC(C)(C)N1C(=O)OC(C)(C)C. The van der Waals surface area contributed by atoms with Gasteiger partial charge < -0.3 is 9.47 Å². The Morgan fingerprint density at radius 1 is 1.35 bits per heavy atom. The Morgan fingerprint density at radius 2 is 1.88 bits per heavy atom. The van der Waals surface area contributed by atoms with Crippen LogP contribution >= 0.6 is 0 Å². The minimum Gasteiger partial charge on any atom is -0.444 e. The molecule has 1 saturated heterocycles. The average molecular weight is 243 g/mol. The molecule has 0 radical (unpaired) electrons. The monoisotopic (exact) mass is 243 g/mol. The van der Waals surface area contributed by atoms with Crippen LogP contribution in [0.2, 0.25) is 0 Å². The molecule has 1 atom stereocenters. The van der Waals surface area contributed by atoms with Gasteiger partial charge in [0.15, 0.2) is 0 Å². The second-order valence-electron chi connectivity index (χ2n) is 6.40. The quantitative estimate of drug-likeness (QED) is 0.710. The molecule has 0 aliphatic carbocycles. The molecule has 100 valence electrons. The summed E-state index contributed by atoms with van der Waals surface area (Å²) in [6.45, 7) is 14.1. The lowest BCUT2D eigenvalue weighted by atomic mass is 9.98. The summed E-state index contributed by atoms with van der Waals surface area (Å²) in [5, 5.41) is 0. The predicted molar refractivity (Wildman–Crippen MR) is 66.8 cm³/mol. The van der Waals surface area contributed by atoms with Crippen molar-refractivity contribution >= 4 is 6.09 Å².